The number of carbonyl (C=O) groups is 1. The van der Waals surface area contributed by atoms with E-state index in [0.717, 1.165) is 17.6 Å². The Morgan fingerprint density at radius 3 is 2.59 bits per heavy atom. The van der Waals surface area contributed by atoms with Gasteiger partial charge in [-0.3, -0.25) is 4.79 Å². The number of furan rings is 1. The lowest BCUT2D eigenvalue weighted by molar-refractivity contribution is 0.200. The summed E-state index contributed by atoms with van der Waals surface area (Å²) in [4.78, 5) is 27.0. The number of hydrogen-bond acceptors (Lipinski definition) is 3. The van der Waals surface area contributed by atoms with Crippen LogP contribution in [0, 0.1) is 5.92 Å². The van der Waals surface area contributed by atoms with Crippen LogP contribution in [0.15, 0.2) is 58.1 Å². The van der Waals surface area contributed by atoms with Gasteiger partial charge in [0.05, 0.1) is 18.5 Å². The predicted octanol–water partition coefficient (Wildman–Crippen LogP) is 4.21. The molecule has 2 heterocycles. The molecule has 0 saturated carbocycles. The topological polar surface area (TPSA) is 67.5 Å². The molecule has 0 radical (unpaired) electrons. The zero-order valence-electron chi connectivity index (χ0n) is 15.9. The van der Waals surface area contributed by atoms with E-state index in [0.29, 0.717) is 30.1 Å². The zero-order chi connectivity index (χ0) is 19.4. The fraction of sp³-hybridized carbons (Fsp3) is 0.333. The Kier molecular flexibility index (Phi) is 5.64. The molecule has 6 heteroatoms. The molecule has 3 rings (SSSR count). The van der Waals surface area contributed by atoms with Gasteiger partial charge >= 0.3 is 6.03 Å². The first-order chi connectivity index (χ1) is 13.0. The van der Waals surface area contributed by atoms with Gasteiger partial charge in [-0.05, 0) is 30.5 Å². The van der Waals surface area contributed by atoms with Crippen molar-refractivity contribution in [3.05, 3.63) is 65.0 Å². The number of benzene rings is 1. The standard InChI is InChI=1S/C21H25N3O3/c1-15(2)10-11-24(13-16-7-6-12-27-16)21(26)22-19-14-23(3)20(25)18-9-5-4-8-17(18)19/h4-9,12,14-15H,10-11,13H2,1-3H3,(H,22,26). The van der Waals surface area contributed by atoms with Crippen LogP contribution in [-0.2, 0) is 13.6 Å². The second kappa shape index (κ2) is 8.12. The molecule has 0 aliphatic rings. The van der Waals surface area contributed by atoms with Crippen LogP contribution in [0.5, 0.6) is 0 Å². The summed E-state index contributed by atoms with van der Waals surface area (Å²) < 4.78 is 6.90. The number of nitrogens with zero attached hydrogens (tertiary/aromatic N) is 2. The van der Waals surface area contributed by atoms with E-state index in [2.05, 4.69) is 19.2 Å². The normalized spacial score (nSPS) is 11.1. The predicted molar refractivity (Wildman–Crippen MR) is 107 cm³/mol. The van der Waals surface area contributed by atoms with E-state index >= 15 is 0 Å². The van der Waals surface area contributed by atoms with Gasteiger partial charge in [-0.25, -0.2) is 4.79 Å². The van der Waals surface area contributed by atoms with E-state index < -0.39 is 0 Å². The van der Waals surface area contributed by atoms with Crippen molar-refractivity contribution in [3.63, 3.8) is 0 Å². The molecule has 1 N–H and O–H groups in total. The molecule has 0 spiro atoms. The number of anilines is 1. The smallest absolute Gasteiger partial charge is 0.322 e. The van der Waals surface area contributed by atoms with Crippen molar-refractivity contribution in [2.45, 2.75) is 26.8 Å². The Hall–Kier alpha value is -3.02. The highest BCUT2D eigenvalue weighted by molar-refractivity contribution is 6.00. The molecule has 1 aromatic carbocycles. The Bertz CT molecular complexity index is 974. The molecular formula is C21H25N3O3. The Morgan fingerprint density at radius 2 is 1.93 bits per heavy atom. The number of carbonyl (C=O) groups excluding carboxylic acids is 1. The van der Waals surface area contributed by atoms with Crippen LogP contribution in [0.25, 0.3) is 10.8 Å². The number of rotatable bonds is 6. The highest BCUT2D eigenvalue weighted by atomic mass is 16.3. The van der Waals surface area contributed by atoms with Crippen LogP contribution in [0.3, 0.4) is 0 Å². The average Bonchev–Trinajstić information content (AvgIpc) is 3.16. The van der Waals surface area contributed by atoms with E-state index in [1.165, 1.54) is 4.57 Å². The van der Waals surface area contributed by atoms with Crippen molar-refractivity contribution in [2.75, 3.05) is 11.9 Å². The summed E-state index contributed by atoms with van der Waals surface area (Å²) in [5, 5.41) is 4.29. The van der Waals surface area contributed by atoms with Crippen molar-refractivity contribution in [1.82, 2.24) is 9.47 Å². The van der Waals surface area contributed by atoms with Crippen molar-refractivity contribution < 1.29 is 9.21 Å². The molecule has 0 fully saturated rings. The van der Waals surface area contributed by atoms with Crippen LogP contribution in [0.4, 0.5) is 10.5 Å². The van der Waals surface area contributed by atoms with Gasteiger partial charge in [0.2, 0.25) is 0 Å². The first-order valence-corrected chi connectivity index (χ1v) is 9.12. The lowest BCUT2D eigenvalue weighted by Gasteiger charge is -2.23. The highest BCUT2D eigenvalue weighted by Crippen LogP contribution is 2.21. The number of fused-ring (bicyclic) bond motifs is 1. The number of aromatic nitrogens is 1. The molecule has 142 valence electrons. The van der Waals surface area contributed by atoms with E-state index in [1.807, 2.05) is 30.3 Å². The van der Waals surface area contributed by atoms with Crippen LogP contribution in [0.1, 0.15) is 26.0 Å². The van der Waals surface area contributed by atoms with Crippen LogP contribution < -0.4 is 10.9 Å². The monoisotopic (exact) mass is 367 g/mol. The summed E-state index contributed by atoms with van der Waals surface area (Å²) in [6.45, 7) is 5.27. The Morgan fingerprint density at radius 1 is 1.19 bits per heavy atom. The fourth-order valence-electron chi connectivity index (χ4n) is 2.97. The van der Waals surface area contributed by atoms with Crippen molar-refractivity contribution in [1.29, 1.82) is 0 Å². The van der Waals surface area contributed by atoms with Crippen molar-refractivity contribution in [3.8, 4) is 0 Å². The van der Waals surface area contributed by atoms with Crippen LogP contribution in [-0.4, -0.2) is 22.0 Å². The van der Waals surface area contributed by atoms with Gasteiger partial charge in [0.15, 0.2) is 0 Å². The minimum atomic E-state index is -0.212. The van der Waals surface area contributed by atoms with E-state index in [1.54, 1.807) is 30.5 Å². The van der Waals surface area contributed by atoms with Gasteiger partial charge in [0.25, 0.3) is 5.56 Å². The van der Waals surface area contributed by atoms with Crippen LogP contribution >= 0.6 is 0 Å². The second-order valence-corrected chi connectivity index (χ2v) is 7.12. The maximum absolute atomic E-state index is 13.0. The summed E-state index contributed by atoms with van der Waals surface area (Å²) >= 11 is 0. The summed E-state index contributed by atoms with van der Waals surface area (Å²) in [7, 11) is 1.68. The maximum atomic E-state index is 13.0. The molecule has 0 unspecified atom stereocenters. The third-order valence-corrected chi connectivity index (χ3v) is 4.52. The summed E-state index contributed by atoms with van der Waals surface area (Å²) in [6, 6.07) is 10.8. The highest BCUT2D eigenvalue weighted by Gasteiger charge is 2.18. The maximum Gasteiger partial charge on any atom is 0.322 e. The largest absolute Gasteiger partial charge is 0.467 e. The molecular weight excluding hydrogens is 342 g/mol. The summed E-state index contributed by atoms with van der Waals surface area (Å²) in [5.41, 5.74) is 0.530. The van der Waals surface area contributed by atoms with E-state index in [9.17, 15) is 9.59 Å². The molecule has 0 atom stereocenters. The number of amides is 2. The molecule has 2 aromatic heterocycles. The minimum absolute atomic E-state index is 0.0872. The van der Waals surface area contributed by atoms with Gasteiger partial charge in [-0.1, -0.05) is 32.0 Å². The number of aryl methyl sites for hydroxylation is 1. The fourth-order valence-corrected chi connectivity index (χ4v) is 2.97. The average molecular weight is 367 g/mol. The first-order valence-electron chi connectivity index (χ1n) is 9.12. The molecule has 2 amide bonds. The Balaban J connectivity index is 1.87. The number of pyridine rings is 1. The molecule has 0 aliphatic heterocycles. The third-order valence-electron chi connectivity index (χ3n) is 4.52. The van der Waals surface area contributed by atoms with Gasteiger partial charge in [-0.2, -0.15) is 0 Å². The van der Waals surface area contributed by atoms with Gasteiger partial charge in [-0.15, -0.1) is 0 Å². The van der Waals surface area contributed by atoms with Crippen LogP contribution in [0.2, 0.25) is 0 Å². The zero-order valence-corrected chi connectivity index (χ0v) is 15.9. The van der Waals surface area contributed by atoms with Crippen molar-refractivity contribution in [2.24, 2.45) is 13.0 Å². The van der Waals surface area contributed by atoms with Gasteiger partial charge in [0.1, 0.15) is 5.76 Å². The van der Waals surface area contributed by atoms with E-state index in [4.69, 9.17) is 4.42 Å². The molecule has 27 heavy (non-hydrogen) atoms. The summed E-state index contributed by atoms with van der Waals surface area (Å²) in [5.74, 6) is 1.22. The molecule has 0 saturated heterocycles. The minimum Gasteiger partial charge on any atom is -0.467 e. The molecule has 6 nitrogen and oxygen atoms in total. The van der Waals surface area contributed by atoms with E-state index in [-0.39, 0.29) is 11.6 Å². The third kappa shape index (κ3) is 4.39. The first kappa shape index (κ1) is 18.8. The van der Waals surface area contributed by atoms with Gasteiger partial charge < -0.3 is 19.2 Å². The SMILES string of the molecule is CC(C)CCN(Cc1ccco1)C(=O)Nc1cn(C)c(=O)c2ccccc12. The number of urea groups is 1. The summed E-state index contributed by atoms with van der Waals surface area (Å²) in [6.07, 6.45) is 4.16. The Labute approximate surface area is 158 Å². The number of nitrogens with one attached hydrogen (secondary N) is 1. The molecule has 0 bridgehead atoms. The lowest BCUT2D eigenvalue weighted by Crippen LogP contribution is -2.36. The second-order valence-electron chi connectivity index (χ2n) is 7.12. The quantitative estimate of drug-likeness (QED) is 0.709. The molecule has 3 aromatic rings. The van der Waals surface area contributed by atoms with Crippen molar-refractivity contribution >= 4 is 22.5 Å². The number of hydrogen-bond donors (Lipinski definition) is 1. The lowest BCUT2D eigenvalue weighted by atomic mass is 10.1. The van der Waals surface area contributed by atoms with Gasteiger partial charge in [0, 0.05) is 30.6 Å². The molecule has 0 aliphatic carbocycles.